The van der Waals surface area contributed by atoms with E-state index in [9.17, 15) is 22.8 Å². The largest absolute Gasteiger partial charge is 0.416 e. The first-order chi connectivity index (χ1) is 19.5. The molecule has 0 aliphatic carbocycles. The first kappa shape index (κ1) is 29.6. The van der Waals surface area contributed by atoms with Gasteiger partial charge in [-0.25, -0.2) is 0 Å². The molecular weight excluding hydrogens is 527 g/mol. The Bertz CT molecular complexity index is 1510. The molecule has 0 saturated heterocycles. The number of amides is 1. The molecule has 0 aliphatic rings. The molecule has 0 aliphatic heterocycles. The lowest BCUT2D eigenvalue weighted by molar-refractivity contribution is -0.137. The van der Waals surface area contributed by atoms with Gasteiger partial charge in [0.25, 0.3) is 5.91 Å². The van der Waals surface area contributed by atoms with E-state index < -0.39 is 11.7 Å². The highest BCUT2D eigenvalue weighted by atomic mass is 19.4. The van der Waals surface area contributed by atoms with Gasteiger partial charge in [-0.05, 0) is 60.9 Å². The molecule has 8 heteroatoms. The van der Waals surface area contributed by atoms with Crippen molar-refractivity contribution < 1.29 is 22.8 Å². The Hall–Kier alpha value is -4.33. The average Bonchev–Trinajstić information content (AvgIpc) is 3.28. The maximum Gasteiger partial charge on any atom is 0.416 e. The maximum atomic E-state index is 13.3. The second-order valence-electron chi connectivity index (χ2n) is 10.4. The summed E-state index contributed by atoms with van der Waals surface area (Å²) in [5.74, 6) is -0.314. The summed E-state index contributed by atoms with van der Waals surface area (Å²) in [5.41, 5.74) is 4.18. The topological polar surface area (TPSA) is 45.6 Å². The molecule has 1 heterocycles. The highest BCUT2D eigenvalue weighted by Crippen LogP contribution is 2.31. The monoisotopic (exact) mass is 561 g/mol. The summed E-state index contributed by atoms with van der Waals surface area (Å²) in [6.07, 6.45) is -3.95. The van der Waals surface area contributed by atoms with Crippen LogP contribution in [0, 0.1) is 6.92 Å². The van der Waals surface area contributed by atoms with Crippen LogP contribution in [0.3, 0.4) is 0 Å². The van der Waals surface area contributed by atoms with Crippen LogP contribution in [0.2, 0.25) is 0 Å². The van der Waals surface area contributed by atoms with Crippen LogP contribution in [0.25, 0.3) is 11.3 Å². The number of carbonyl (C=O) groups excluding carboxylic acids is 2. The van der Waals surface area contributed by atoms with Crippen LogP contribution in [-0.4, -0.2) is 48.8 Å². The van der Waals surface area contributed by atoms with E-state index in [2.05, 4.69) is 4.57 Å². The number of hydrogen-bond donors (Lipinski definition) is 0. The third kappa shape index (κ3) is 7.06. The van der Waals surface area contributed by atoms with Crippen LogP contribution in [-0.2, 0) is 19.1 Å². The second kappa shape index (κ2) is 12.5. The highest BCUT2D eigenvalue weighted by molar-refractivity contribution is 6.00. The third-order valence-electron chi connectivity index (χ3n) is 7.21. The van der Waals surface area contributed by atoms with Crippen molar-refractivity contribution in [2.45, 2.75) is 32.5 Å². The lowest BCUT2D eigenvalue weighted by Gasteiger charge is -2.19. The van der Waals surface area contributed by atoms with E-state index in [-0.39, 0.29) is 18.1 Å². The lowest BCUT2D eigenvalue weighted by Crippen LogP contribution is -2.28. The van der Waals surface area contributed by atoms with Crippen molar-refractivity contribution in [2.75, 3.05) is 32.6 Å². The molecule has 0 fully saturated rings. The number of aromatic nitrogens is 1. The molecule has 1 amide bonds. The van der Waals surface area contributed by atoms with Crippen molar-refractivity contribution in [1.29, 1.82) is 0 Å². The Morgan fingerprint density at radius 3 is 2.17 bits per heavy atom. The van der Waals surface area contributed by atoms with Crippen molar-refractivity contribution in [2.24, 2.45) is 0 Å². The number of rotatable bonds is 10. The Balaban J connectivity index is 1.52. The first-order valence-electron chi connectivity index (χ1n) is 13.4. The van der Waals surface area contributed by atoms with Crippen LogP contribution < -0.4 is 4.90 Å². The molecule has 214 valence electrons. The number of ketones is 1. The summed E-state index contributed by atoms with van der Waals surface area (Å²) in [4.78, 5) is 30.0. The summed E-state index contributed by atoms with van der Waals surface area (Å²) >= 11 is 0. The quantitative estimate of drug-likeness (QED) is 0.194. The molecule has 0 unspecified atom stereocenters. The zero-order valence-corrected chi connectivity index (χ0v) is 23.7. The summed E-state index contributed by atoms with van der Waals surface area (Å²) in [6.45, 7) is 2.92. The van der Waals surface area contributed by atoms with Crippen LogP contribution in [0.15, 0.2) is 84.9 Å². The van der Waals surface area contributed by atoms with E-state index in [0.29, 0.717) is 36.2 Å². The van der Waals surface area contributed by atoms with Crippen molar-refractivity contribution in [3.8, 4) is 11.3 Å². The van der Waals surface area contributed by atoms with Crippen LogP contribution in [0.4, 0.5) is 18.9 Å². The van der Waals surface area contributed by atoms with Gasteiger partial charge in [-0.2, -0.15) is 13.2 Å². The maximum absolute atomic E-state index is 13.3. The second-order valence-corrected chi connectivity index (χ2v) is 10.4. The predicted molar refractivity (Wildman–Crippen MR) is 156 cm³/mol. The number of hydrogen-bond acceptors (Lipinski definition) is 3. The minimum atomic E-state index is -4.47. The molecule has 3 aromatic carbocycles. The van der Waals surface area contributed by atoms with Gasteiger partial charge in [0.05, 0.1) is 5.56 Å². The van der Waals surface area contributed by atoms with E-state index in [0.717, 1.165) is 34.8 Å². The summed E-state index contributed by atoms with van der Waals surface area (Å²) < 4.78 is 41.6. The smallest absolute Gasteiger partial charge is 0.378 e. The standard InChI is InChI=1S/C33H34F3N3O2/c1-23-29(31(40)21-24-10-8-13-27(20-24)33(34,35)36)22-30(25-11-6-5-7-12-25)39(23)19-9-18-38(4)32(41)26-14-16-28(17-15-26)37(2)3/h5-8,10-17,20,22H,9,18-19,21H2,1-4H3. The van der Waals surface area contributed by atoms with Crippen molar-refractivity contribution in [1.82, 2.24) is 9.47 Å². The highest BCUT2D eigenvalue weighted by Gasteiger charge is 2.30. The van der Waals surface area contributed by atoms with Gasteiger partial charge in [-0.15, -0.1) is 0 Å². The predicted octanol–water partition coefficient (Wildman–Crippen LogP) is 7.14. The molecular formula is C33H34F3N3O2. The number of benzene rings is 3. The van der Waals surface area contributed by atoms with Gasteiger partial charge in [0.1, 0.15) is 0 Å². The first-order valence-corrected chi connectivity index (χ1v) is 13.4. The van der Waals surface area contributed by atoms with Gasteiger partial charge in [0.15, 0.2) is 5.78 Å². The van der Waals surface area contributed by atoms with E-state index in [1.165, 1.54) is 6.07 Å². The van der Waals surface area contributed by atoms with E-state index >= 15 is 0 Å². The van der Waals surface area contributed by atoms with Crippen molar-refractivity contribution in [3.63, 3.8) is 0 Å². The SMILES string of the molecule is Cc1c(C(=O)Cc2cccc(C(F)(F)F)c2)cc(-c2ccccc2)n1CCCN(C)C(=O)c1ccc(N(C)C)cc1. The number of nitrogens with zero attached hydrogens (tertiary/aromatic N) is 3. The van der Waals surface area contributed by atoms with Crippen LogP contribution in [0.1, 0.15) is 44.0 Å². The number of carbonyl (C=O) groups is 2. The molecule has 0 atom stereocenters. The van der Waals surface area contributed by atoms with E-state index in [1.54, 1.807) is 18.0 Å². The van der Waals surface area contributed by atoms with Gasteiger partial charge in [-0.1, -0.05) is 48.5 Å². The molecule has 0 saturated carbocycles. The molecule has 0 spiro atoms. The van der Waals surface area contributed by atoms with Crippen molar-refractivity contribution >= 4 is 17.4 Å². The van der Waals surface area contributed by atoms with Gasteiger partial charge in [0.2, 0.25) is 0 Å². The Morgan fingerprint density at radius 2 is 1.54 bits per heavy atom. The molecule has 0 radical (unpaired) electrons. The van der Waals surface area contributed by atoms with Gasteiger partial charge in [-0.3, -0.25) is 9.59 Å². The Kier molecular flexibility index (Phi) is 9.01. The molecule has 4 aromatic rings. The molecule has 41 heavy (non-hydrogen) atoms. The molecule has 1 aromatic heterocycles. The fraction of sp³-hybridized carbons (Fsp3) is 0.273. The number of alkyl halides is 3. The Labute approximate surface area is 238 Å². The van der Waals surface area contributed by atoms with Crippen molar-refractivity contribution in [3.05, 3.63) is 113 Å². The lowest BCUT2D eigenvalue weighted by atomic mass is 10.0. The van der Waals surface area contributed by atoms with Gasteiger partial charge in [0, 0.05) is 68.9 Å². The molecule has 0 N–H and O–H groups in total. The minimum Gasteiger partial charge on any atom is -0.378 e. The minimum absolute atomic E-state index is 0.0697. The summed E-state index contributed by atoms with van der Waals surface area (Å²) in [7, 11) is 5.66. The van der Waals surface area contributed by atoms with Gasteiger partial charge >= 0.3 is 6.18 Å². The summed E-state index contributed by atoms with van der Waals surface area (Å²) in [6, 6.07) is 23.8. The number of Topliss-reactive ketones (excluding diaryl/α,β-unsaturated/α-hetero) is 1. The zero-order chi connectivity index (χ0) is 29.7. The molecule has 4 rings (SSSR count). The van der Waals surface area contributed by atoms with E-state index in [1.807, 2.05) is 86.6 Å². The fourth-order valence-electron chi connectivity index (χ4n) is 4.89. The normalized spacial score (nSPS) is 11.4. The third-order valence-corrected chi connectivity index (χ3v) is 7.21. The van der Waals surface area contributed by atoms with Gasteiger partial charge < -0.3 is 14.4 Å². The molecule has 5 nitrogen and oxygen atoms in total. The number of halogens is 3. The zero-order valence-electron chi connectivity index (χ0n) is 23.7. The van der Waals surface area contributed by atoms with Crippen LogP contribution >= 0.6 is 0 Å². The average molecular weight is 562 g/mol. The molecule has 0 bridgehead atoms. The fourth-order valence-corrected chi connectivity index (χ4v) is 4.89. The van der Waals surface area contributed by atoms with E-state index in [4.69, 9.17) is 0 Å². The number of anilines is 1. The van der Waals surface area contributed by atoms with Crippen LogP contribution in [0.5, 0.6) is 0 Å². The summed E-state index contributed by atoms with van der Waals surface area (Å²) in [5, 5.41) is 0. The Morgan fingerprint density at radius 1 is 0.854 bits per heavy atom.